The SMILES string of the molecule is CC(C)c1cc(C(=O)N[C@H](C)c2ccc(-n3cncn3)cc2)nn1C(C)(C)C. The van der Waals surface area contributed by atoms with Crippen LogP contribution < -0.4 is 5.32 Å². The molecule has 0 aliphatic heterocycles. The standard InChI is InChI=1S/C21H28N6O/c1-14(2)19-11-18(25-27(19)21(4,5)6)20(28)24-15(3)16-7-9-17(10-8-16)26-13-22-12-23-26/h7-15H,1-6H3,(H,24,28)/t15-/m1/s1. The predicted octanol–water partition coefficient (Wildman–Crippen LogP) is 3.83. The number of benzene rings is 1. The quantitative estimate of drug-likeness (QED) is 0.730. The van der Waals surface area contributed by atoms with E-state index < -0.39 is 0 Å². The Morgan fingerprint density at radius 2 is 1.79 bits per heavy atom. The van der Waals surface area contributed by atoms with Gasteiger partial charge in [0, 0.05) is 5.69 Å². The van der Waals surface area contributed by atoms with Crippen molar-refractivity contribution in [1.82, 2.24) is 29.9 Å². The number of aromatic nitrogens is 5. The number of nitrogens with zero attached hydrogens (tertiary/aromatic N) is 5. The van der Waals surface area contributed by atoms with E-state index in [2.05, 4.69) is 55.1 Å². The zero-order valence-corrected chi connectivity index (χ0v) is 17.3. The lowest BCUT2D eigenvalue weighted by molar-refractivity contribution is 0.0933. The van der Waals surface area contributed by atoms with Gasteiger partial charge in [-0.1, -0.05) is 26.0 Å². The van der Waals surface area contributed by atoms with Gasteiger partial charge in [-0.05, 0) is 57.4 Å². The minimum Gasteiger partial charge on any atom is -0.344 e. The second-order valence-electron chi connectivity index (χ2n) is 8.32. The Morgan fingerprint density at radius 1 is 1.11 bits per heavy atom. The summed E-state index contributed by atoms with van der Waals surface area (Å²) in [5.74, 6) is 0.118. The van der Waals surface area contributed by atoms with E-state index in [9.17, 15) is 4.79 Å². The van der Waals surface area contributed by atoms with Crippen molar-refractivity contribution in [3.8, 4) is 5.69 Å². The molecule has 1 atom stereocenters. The summed E-state index contributed by atoms with van der Waals surface area (Å²) in [5, 5.41) is 11.8. The fourth-order valence-corrected chi connectivity index (χ4v) is 3.07. The Labute approximate surface area is 165 Å². The first-order valence-corrected chi connectivity index (χ1v) is 9.53. The van der Waals surface area contributed by atoms with Crippen molar-refractivity contribution in [2.45, 2.75) is 59.0 Å². The zero-order valence-electron chi connectivity index (χ0n) is 17.3. The van der Waals surface area contributed by atoms with Gasteiger partial charge in [0.25, 0.3) is 5.91 Å². The molecule has 1 amide bonds. The average molecular weight is 380 g/mol. The second-order valence-corrected chi connectivity index (χ2v) is 8.32. The number of hydrogen-bond acceptors (Lipinski definition) is 4. The number of carbonyl (C=O) groups is 1. The van der Waals surface area contributed by atoms with Crippen LogP contribution in [-0.4, -0.2) is 30.5 Å². The van der Waals surface area contributed by atoms with Crippen LogP contribution in [0.1, 0.15) is 75.2 Å². The maximum Gasteiger partial charge on any atom is 0.272 e. The molecule has 1 N–H and O–H groups in total. The molecular formula is C21H28N6O. The van der Waals surface area contributed by atoms with Gasteiger partial charge in [-0.25, -0.2) is 9.67 Å². The molecule has 0 bridgehead atoms. The molecule has 148 valence electrons. The molecule has 0 spiro atoms. The molecule has 0 saturated heterocycles. The summed E-state index contributed by atoms with van der Waals surface area (Å²) in [6.45, 7) is 12.5. The monoisotopic (exact) mass is 380 g/mol. The topological polar surface area (TPSA) is 77.6 Å². The van der Waals surface area contributed by atoms with Gasteiger partial charge >= 0.3 is 0 Å². The summed E-state index contributed by atoms with van der Waals surface area (Å²) in [7, 11) is 0. The molecule has 28 heavy (non-hydrogen) atoms. The molecule has 0 aliphatic carbocycles. The highest BCUT2D eigenvalue weighted by molar-refractivity contribution is 5.92. The van der Waals surface area contributed by atoms with Crippen LogP contribution in [0.2, 0.25) is 0 Å². The largest absolute Gasteiger partial charge is 0.344 e. The van der Waals surface area contributed by atoms with E-state index in [4.69, 9.17) is 0 Å². The van der Waals surface area contributed by atoms with Gasteiger partial charge in [0.05, 0.1) is 17.3 Å². The van der Waals surface area contributed by atoms with E-state index >= 15 is 0 Å². The van der Waals surface area contributed by atoms with E-state index in [0.717, 1.165) is 16.9 Å². The Kier molecular flexibility index (Phi) is 5.36. The van der Waals surface area contributed by atoms with E-state index in [1.807, 2.05) is 41.9 Å². The zero-order chi connectivity index (χ0) is 20.5. The normalized spacial score (nSPS) is 13.0. The van der Waals surface area contributed by atoms with E-state index in [1.54, 1.807) is 11.0 Å². The molecular weight excluding hydrogens is 352 g/mol. The molecule has 7 nitrogen and oxygen atoms in total. The lowest BCUT2D eigenvalue weighted by Crippen LogP contribution is -2.29. The average Bonchev–Trinajstić information content (AvgIpc) is 3.31. The Hall–Kier alpha value is -2.96. The minimum atomic E-state index is -0.180. The summed E-state index contributed by atoms with van der Waals surface area (Å²) in [6.07, 6.45) is 3.15. The Balaban J connectivity index is 1.75. The molecule has 2 heterocycles. The summed E-state index contributed by atoms with van der Waals surface area (Å²) in [5.41, 5.74) is 3.26. The highest BCUT2D eigenvalue weighted by Crippen LogP contribution is 2.24. The predicted molar refractivity (Wildman–Crippen MR) is 109 cm³/mol. The first-order valence-electron chi connectivity index (χ1n) is 9.53. The van der Waals surface area contributed by atoms with Crippen LogP contribution in [0.5, 0.6) is 0 Å². The van der Waals surface area contributed by atoms with Crippen LogP contribution in [0.15, 0.2) is 43.0 Å². The number of nitrogens with one attached hydrogen (secondary N) is 1. The van der Waals surface area contributed by atoms with Gasteiger partial charge in [-0.2, -0.15) is 10.2 Å². The second kappa shape index (κ2) is 7.58. The number of carbonyl (C=O) groups excluding carboxylic acids is 1. The fourth-order valence-electron chi connectivity index (χ4n) is 3.07. The van der Waals surface area contributed by atoms with Crippen LogP contribution in [0.4, 0.5) is 0 Å². The highest BCUT2D eigenvalue weighted by Gasteiger charge is 2.24. The van der Waals surface area contributed by atoms with Gasteiger partial charge < -0.3 is 5.32 Å². The van der Waals surface area contributed by atoms with Gasteiger partial charge in [-0.3, -0.25) is 9.48 Å². The molecule has 2 aromatic heterocycles. The Morgan fingerprint density at radius 3 is 2.29 bits per heavy atom. The number of hydrogen-bond donors (Lipinski definition) is 1. The van der Waals surface area contributed by atoms with Gasteiger partial charge in [0.15, 0.2) is 0 Å². The maximum atomic E-state index is 12.8. The lowest BCUT2D eigenvalue weighted by Gasteiger charge is -2.23. The van der Waals surface area contributed by atoms with Gasteiger partial charge in [0.1, 0.15) is 18.3 Å². The summed E-state index contributed by atoms with van der Waals surface area (Å²) >= 11 is 0. The molecule has 0 aliphatic rings. The van der Waals surface area contributed by atoms with Crippen LogP contribution in [0, 0.1) is 0 Å². The first-order chi connectivity index (χ1) is 13.2. The molecule has 1 aromatic carbocycles. The van der Waals surface area contributed by atoms with Crippen molar-refractivity contribution in [2.24, 2.45) is 0 Å². The van der Waals surface area contributed by atoms with Crippen molar-refractivity contribution in [3.63, 3.8) is 0 Å². The number of amides is 1. The van der Waals surface area contributed by atoms with Gasteiger partial charge in [-0.15, -0.1) is 0 Å². The summed E-state index contributed by atoms with van der Waals surface area (Å²) in [6, 6.07) is 9.63. The molecule has 0 unspecified atom stereocenters. The minimum absolute atomic E-state index is 0.139. The molecule has 0 radical (unpaired) electrons. The van der Waals surface area contributed by atoms with Crippen LogP contribution in [-0.2, 0) is 5.54 Å². The third-order valence-corrected chi connectivity index (χ3v) is 4.62. The highest BCUT2D eigenvalue weighted by atomic mass is 16.2. The van der Waals surface area contributed by atoms with E-state index in [-0.39, 0.29) is 23.4 Å². The molecule has 0 fully saturated rings. The third-order valence-electron chi connectivity index (χ3n) is 4.62. The van der Waals surface area contributed by atoms with Crippen LogP contribution in [0.3, 0.4) is 0 Å². The number of rotatable bonds is 5. The third kappa shape index (κ3) is 4.13. The molecule has 3 rings (SSSR count). The Bertz CT molecular complexity index is 932. The van der Waals surface area contributed by atoms with Crippen molar-refractivity contribution >= 4 is 5.91 Å². The van der Waals surface area contributed by atoms with Gasteiger partial charge in [0.2, 0.25) is 0 Å². The van der Waals surface area contributed by atoms with Crippen LogP contribution >= 0.6 is 0 Å². The summed E-state index contributed by atoms with van der Waals surface area (Å²) in [4.78, 5) is 16.7. The van der Waals surface area contributed by atoms with Crippen molar-refractivity contribution in [2.75, 3.05) is 0 Å². The molecule has 7 heteroatoms. The molecule has 0 saturated carbocycles. The maximum absolute atomic E-state index is 12.8. The fraction of sp³-hybridized carbons (Fsp3) is 0.429. The smallest absolute Gasteiger partial charge is 0.272 e. The van der Waals surface area contributed by atoms with Crippen molar-refractivity contribution in [3.05, 3.63) is 59.9 Å². The van der Waals surface area contributed by atoms with E-state index in [1.165, 1.54) is 6.33 Å². The van der Waals surface area contributed by atoms with Crippen LogP contribution in [0.25, 0.3) is 5.69 Å². The van der Waals surface area contributed by atoms with Crippen molar-refractivity contribution in [1.29, 1.82) is 0 Å². The van der Waals surface area contributed by atoms with E-state index in [0.29, 0.717) is 5.69 Å². The lowest BCUT2D eigenvalue weighted by atomic mass is 10.1. The molecule has 3 aromatic rings. The first kappa shape index (κ1) is 19.8. The summed E-state index contributed by atoms with van der Waals surface area (Å²) < 4.78 is 3.64. The van der Waals surface area contributed by atoms with Crippen molar-refractivity contribution < 1.29 is 4.79 Å².